The minimum Gasteiger partial charge on any atom is -0.0914 e. The average Bonchev–Trinajstić information content (AvgIpc) is 2.05. The third-order valence-corrected chi connectivity index (χ3v) is 3.16. The molecular weight excluding hydrogens is 144 g/mol. The third-order valence-electron chi connectivity index (χ3n) is 3.16. The van der Waals surface area contributed by atoms with Crippen LogP contribution in [0.4, 0.5) is 0 Å². The summed E-state index contributed by atoms with van der Waals surface area (Å²) >= 11 is 0. The van der Waals surface area contributed by atoms with E-state index in [1.165, 1.54) is 25.7 Å². The van der Waals surface area contributed by atoms with Crippen molar-refractivity contribution in [2.24, 2.45) is 17.8 Å². The highest BCUT2D eigenvalue weighted by molar-refractivity contribution is 4.89. The second-order valence-corrected chi connectivity index (χ2v) is 4.46. The predicted octanol–water partition coefficient (Wildman–Crippen LogP) is 4.02. The first kappa shape index (κ1) is 9.83. The molecule has 1 aliphatic rings. The van der Waals surface area contributed by atoms with Crippen LogP contribution in [0.1, 0.15) is 46.5 Å². The van der Waals surface area contributed by atoms with E-state index in [0.29, 0.717) is 0 Å². The Bertz CT molecular complexity index is 144. The van der Waals surface area contributed by atoms with E-state index in [-0.39, 0.29) is 0 Å². The molecule has 1 aliphatic carbocycles. The molecule has 0 heteroatoms. The summed E-state index contributed by atoms with van der Waals surface area (Å²) in [5.74, 6) is 2.76. The molecule has 0 aromatic rings. The molecule has 0 bridgehead atoms. The number of hydrogen-bond donors (Lipinski definition) is 0. The van der Waals surface area contributed by atoms with E-state index in [1.807, 2.05) is 0 Å². The van der Waals surface area contributed by atoms with Crippen molar-refractivity contribution in [3.8, 4) is 0 Å². The van der Waals surface area contributed by atoms with E-state index in [9.17, 15) is 0 Å². The minimum atomic E-state index is 0.885. The van der Waals surface area contributed by atoms with Crippen LogP contribution in [0.5, 0.6) is 0 Å². The van der Waals surface area contributed by atoms with Gasteiger partial charge in [0.15, 0.2) is 0 Å². The summed E-state index contributed by atoms with van der Waals surface area (Å²) in [5, 5.41) is 0. The molecule has 0 aliphatic heterocycles. The lowest BCUT2D eigenvalue weighted by atomic mass is 9.76. The van der Waals surface area contributed by atoms with Crippen LogP contribution >= 0.6 is 0 Å². The Morgan fingerprint density at radius 3 is 2.58 bits per heavy atom. The van der Waals surface area contributed by atoms with Crippen LogP contribution in [0.25, 0.3) is 0 Å². The van der Waals surface area contributed by atoms with Crippen molar-refractivity contribution in [2.45, 2.75) is 46.5 Å². The van der Waals surface area contributed by atoms with Crippen molar-refractivity contribution >= 4 is 0 Å². The fourth-order valence-electron chi connectivity index (χ4n) is 2.32. The Morgan fingerprint density at radius 2 is 2.00 bits per heavy atom. The Balaban J connectivity index is 2.40. The van der Waals surface area contributed by atoms with Crippen LogP contribution in [-0.2, 0) is 0 Å². The fourth-order valence-corrected chi connectivity index (χ4v) is 2.32. The molecular formula is C12H22. The molecule has 0 aromatic carbocycles. The summed E-state index contributed by atoms with van der Waals surface area (Å²) in [7, 11) is 0. The normalized spacial score (nSPS) is 31.7. The summed E-state index contributed by atoms with van der Waals surface area (Å²) < 4.78 is 0. The average molecular weight is 166 g/mol. The predicted molar refractivity (Wildman–Crippen MR) is 55.1 cm³/mol. The second kappa shape index (κ2) is 4.69. The van der Waals surface area contributed by atoms with Gasteiger partial charge in [0.05, 0.1) is 0 Å². The Hall–Kier alpha value is -0.260. The van der Waals surface area contributed by atoms with Crippen molar-refractivity contribution in [1.82, 2.24) is 0 Å². The Kier molecular flexibility index (Phi) is 3.84. The highest BCUT2D eigenvalue weighted by atomic mass is 14.3. The Labute approximate surface area is 77.1 Å². The molecule has 1 fully saturated rings. The van der Waals surface area contributed by atoms with Crippen molar-refractivity contribution in [3.05, 3.63) is 12.2 Å². The lowest BCUT2D eigenvalue weighted by Crippen LogP contribution is -2.18. The largest absolute Gasteiger partial charge is 0.0914 e. The van der Waals surface area contributed by atoms with Crippen LogP contribution in [-0.4, -0.2) is 0 Å². The maximum atomic E-state index is 2.40. The summed E-state index contributed by atoms with van der Waals surface area (Å²) in [6, 6.07) is 0. The maximum absolute atomic E-state index is 2.40. The van der Waals surface area contributed by atoms with Crippen LogP contribution in [0.3, 0.4) is 0 Å². The van der Waals surface area contributed by atoms with Gasteiger partial charge in [-0.1, -0.05) is 38.8 Å². The summed E-state index contributed by atoms with van der Waals surface area (Å²) in [6.45, 7) is 6.87. The van der Waals surface area contributed by atoms with Crippen LogP contribution < -0.4 is 0 Å². The highest BCUT2D eigenvalue weighted by Crippen LogP contribution is 2.34. The highest BCUT2D eigenvalue weighted by Gasteiger charge is 2.21. The number of allylic oxidation sites excluding steroid dienone is 2. The van der Waals surface area contributed by atoms with Gasteiger partial charge in [0, 0.05) is 0 Å². The Morgan fingerprint density at radius 1 is 1.25 bits per heavy atom. The van der Waals surface area contributed by atoms with E-state index < -0.39 is 0 Å². The molecule has 0 amide bonds. The molecule has 0 saturated heterocycles. The summed E-state index contributed by atoms with van der Waals surface area (Å²) in [5.41, 5.74) is 0. The van der Waals surface area contributed by atoms with Gasteiger partial charge in [0.2, 0.25) is 0 Å². The lowest BCUT2D eigenvalue weighted by Gasteiger charge is -2.29. The zero-order chi connectivity index (χ0) is 8.97. The second-order valence-electron chi connectivity index (χ2n) is 4.46. The summed E-state index contributed by atoms with van der Waals surface area (Å²) in [4.78, 5) is 0. The van der Waals surface area contributed by atoms with Gasteiger partial charge in [-0.2, -0.15) is 0 Å². The standard InChI is InChI=1S/C12H22/c1-4-6-11-7-5-8-12(9-11)10(2)3/h4,6,10-12H,5,7-9H2,1-3H3. The SMILES string of the molecule is CC=CC1CCCC(C(C)C)C1. The van der Waals surface area contributed by atoms with Gasteiger partial charge in [-0.15, -0.1) is 0 Å². The van der Waals surface area contributed by atoms with Crippen molar-refractivity contribution in [2.75, 3.05) is 0 Å². The van der Waals surface area contributed by atoms with Gasteiger partial charge in [-0.05, 0) is 37.5 Å². The molecule has 70 valence electrons. The first-order valence-corrected chi connectivity index (χ1v) is 5.37. The number of rotatable bonds is 2. The molecule has 1 rings (SSSR count). The molecule has 0 aromatic heterocycles. The van der Waals surface area contributed by atoms with E-state index in [1.54, 1.807) is 0 Å². The third kappa shape index (κ3) is 2.66. The number of hydrogen-bond acceptors (Lipinski definition) is 0. The maximum Gasteiger partial charge on any atom is -0.0231 e. The van der Waals surface area contributed by atoms with Gasteiger partial charge in [-0.3, -0.25) is 0 Å². The van der Waals surface area contributed by atoms with Gasteiger partial charge in [0.25, 0.3) is 0 Å². The van der Waals surface area contributed by atoms with E-state index in [4.69, 9.17) is 0 Å². The molecule has 1 saturated carbocycles. The molecule has 0 N–H and O–H groups in total. The smallest absolute Gasteiger partial charge is 0.0231 e. The first-order valence-electron chi connectivity index (χ1n) is 5.37. The van der Waals surface area contributed by atoms with E-state index in [0.717, 1.165) is 17.8 Å². The molecule has 0 spiro atoms. The molecule has 0 nitrogen and oxygen atoms in total. The van der Waals surface area contributed by atoms with Crippen molar-refractivity contribution < 1.29 is 0 Å². The van der Waals surface area contributed by atoms with Crippen LogP contribution in [0, 0.1) is 17.8 Å². The lowest BCUT2D eigenvalue weighted by molar-refractivity contribution is 0.241. The zero-order valence-electron chi connectivity index (χ0n) is 8.72. The van der Waals surface area contributed by atoms with Crippen molar-refractivity contribution in [3.63, 3.8) is 0 Å². The van der Waals surface area contributed by atoms with Gasteiger partial charge in [0.1, 0.15) is 0 Å². The van der Waals surface area contributed by atoms with Gasteiger partial charge < -0.3 is 0 Å². The minimum absolute atomic E-state index is 0.885. The molecule has 12 heavy (non-hydrogen) atoms. The fraction of sp³-hybridized carbons (Fsp3) is 0.833. The topological polar surface area (TPSA) is 0 Å². The van der Waals surface area contributed by atoms with E-state index >= 15 is 0 Å². The van der Waals surface area contributed by atoms with E-state index in [2.05, 4.69) is 32.9 Å². The first-order chi connectivity index (χ1) is 5.74. The van der Waals surface area contributed by atoms with Crippen LogP contribution in [0.2, 0.25) is 0 Å². The zero-order valence-corrected chi connectivity index (χ0v) is 8.72. The van der Waals surface area contributed by atoms with Crippen LogP contribution in [0.15, 0.2) is 12.2 Å². The molecule has 0 heterocycles. The quantitative estimate of drug-likeness (QED) is 0.543. The molecule has 0 radical (unpaired) electrons. The summed E-state index contributed by atoms with van der Waals surface area (Å²) in [6.07, 6.45) is 10.4. The molecule has 2 atom stereocenters. The van der Waals surface area contributed by atoms with Gasteiger partial charge in [-0.25, -0.2) is 0 Å². The molecule has 2 unspecified atom stereocenters. The monoisotopic (exact) mass is 166 g/mol. The van der Waals surface area contributed by atoms with Crippen molar-refractivity contribution in [1.29, 1.82) is 0 Å². The van der Waals surface area contributed by atoms with Gasteiger partial charge >= 0.3 is 0 Å².